The van der Waals surface area contributed by atoms with Gasteiger partial charge in [-0.25, -0.2) is 0 Å². The van der Waals surface area contributed by atoms with Gasteiger partial charge in [-0.15, -0.1) is 0 Å². The quantitative estimate of drug-likeness (QED) is 0.624. The summed E-state index contributed by atoms with van der Waals surface area (Å²) in [5, 5.41) is 8.28. The highest BCUT2D eigenvalue weighted by molar-refractivity contribution is 5.82. The number of hydrogen-bond donors (Lipinski definition) is 0. The summed E-state index contributed by atoms with van der Waals surface area (Å²) in [6.07, 6.45) is 1.13. The molecular weight excluding hydrogens is 164 g/mol. The van der Waals surface area contributed by atoms with E-state index in [0.29, 0.717) is 12.5 Å². The van der Waals surface area contributed by atoms with Crippen molar-refractivity contribution in [1.82, 2.24) is 4.90 Å². The highest BCUT2D eigenvalue weighted by atomic mass is 16.1. The van der Waals surface area contributed by atoms with Gasteiger partial charge in [-0.2, -0.15) is 5.26 Å². The molecule has 0 atom stereocenters. The molecule has 0 saturated carbocycles. The molecule has 0 unspecified atom stereocenters. The Balaban J connectivity index is 3.56. The molecule has 0 fully saturated rings. The largest absolute Gasteiger partial charge is 0.299 e. The molecule has 0 aliphatic rings. The van der Waals surface area contributed by atoms with Gasteiger partial charge in [0.2, 0.25) is 0 Å². The third kappa shape index (κ3) is 7.48. The zero-order valence-corrected chi connectivity index (χ0v) is 8.71. The minimum atomic E-state index is 0.00811. The Kier molecular flexibility index (Phi) is 6.17. The monoisotopic (exact) mass is 182 g/mol. The van der Waals surface area contributed by atoms with Crippen LogP contribution in [0.15, 0.2) is 0 Å². The molecule has 0 aliphatic heterocycles. The van der Waals surface area contributed by atoms with Crippen molar-refractivity contribution in [2.75, 3.05) is 20.1 Å². The number of ketones is 1. The lowest BCUT2D eigenvalue weighted by atomic mass is 10.1. The van der Waals surface area contributed by atoms with Crippen LogP contribution < -0.4 is 0 Å². The number of nitrogens with zero attached hydrogens (tertiary/aromatic N) is 2. The minimum Gasteiger partial charge on any atom is -0.299 e. The Bertz CT molecular complexity index is 194. The van der Waals surface area contributed by atoms with Gasteiger partial charge in [0.15, 0.2) is 5.78 Å². The molecule has 0 rings (SSSR count). The van der Waals surface area contributed by atoms with Crippen LogP contribution >= 0.6 is 0 Å². The first kappa shape index (κ1) is 12.1. The Morgan fingerprint density at radius 2 is 2.15 bits per heavy atom. The van der Waals surface area contributed by atoms with Gasteiger partial charge in [-0.3, -0.25) is 9.69 Å². The molecule has 74 valence electrons. The Morgan fingerprint density at radius 1 is 1.54 bits per heavy atom. The summed E-state index contributed by atoms with van der Waals surface area (Å²) >= 11 is 0. The maximum atomic E-state index is 11.0. The van der Waals surface area contributed by atoms with E-state index in [9.17, 15) is 4.79 Å². The highest BCUT2D eigenvalue weighted by Crippen LogP contribution is 2.00. The fourth-order valence-electron chi connectivity index (χ4n) is 1.00. The van der Waals surface area contributed by atoms with Gasteiger partial charge in [0.1, 0.15) is 0 Å². The van der Waals surface area contributed by atoms with Crippen molar-refractivity contribution < 1.29 is 4.79 Å². The molecule has 0 radical (unpaired) electrons. The van der Waals surface area contributed by atoms with E-state index in [2.05, 4.69) is 13.8 Å². The van der Waals surface area contributed by atoms with Crippen LogP contribution in [-0.2, 0) is 4.79 Å². The van der Waals surface area contributed by atoms with E-state index < -0.39 is 0 Å². The van der Waals surface area contributed by atoms with Gasteiger partial charge in [-0.05, 0) is 25.9 Å². The maximum absolute atomic E-state index is 11.0. The fourth-order valence-corrected chi connectivity index (χ4v) is 1.00. The lowest BCUT2D eigenvalue weighted by Crippen LogP contribution is -2.27. The highest BCUT2D eigenvalue weighted by Gasteiger charge is 2.06. The van der Waals surface area contributed by atoms with Crippen molar-refractivity contribution in [1.29, 1.82) is 5.26 Å². The van der Waals surface area contributed by atoms with Crippen LogP contribution in [0.1, 0.15) is 26.7 Å². The second-order valence-corrected chi connectivity index (χ2v) is 3.79. The van der Waals surface area contributed by atoms with Crippen molar-refractivity contribution in [3.63, 3.8) is 0 Å². The van der Waals surface area contributed by atoms with Gasteiger partial charge in [0.25, 0.3) is 0 Å². The normalized spacial score (nSPS) is 10.5. The molecule has 0 saturated heterocycles. The summed E-state index contributed by atoms with van der Waals surface area (Å²) in [6.45, 7) is 5.64. The predicted octanol–water partition coefficient (Wildman–Crippen LogP) is 1.45. The minimum absolute atomic E-state index is 0.00811. The van der Waals surface area contributed by atoms with Crippen LogP contribution in [0.3, 0.4) is 0 Å². The number of carbonyl (C=O) groups excluding carboxylic acids is 1. The van der Waals surface area contributed by atoms with Gasteiger partial charge in [0, 0.05) is 0 Å². The first-order chi connectivity index (χ1) is 6.06. The topological polar surface area (TPSA) is 44.1 Å². The van der Waals surface area contributed by atoms with Crippen molar-refractivity contribution in [2.24, 2.45) is 5.92 Å². The van der Waals surface area contributed by atoms with Crippen LogP contribution in [0.2, 0.25) is 0 Å². The number of carbonyl (C=O) groups is 1. The summed E-state index contributed by atoms with van der Waals surface area (Å²) in [5.74, 6) is 0.669. The van der Waals surface area contributed by atoms with Crippen molar-refractivity contribution in [2.45, 2.75) is 26.7 Å². The third-order valence-electron chi connectivity index (χ3n) is 1.81. The molecule has 0 aliphatic carbocycles. The van der Waals surface area contributed by atoms with Crippen molar-refractivity contribution in [3.8, 4) is 6.07 Å². The van der Waals surface area contributed by atoms with Gasteiger partial charge >= 0.3 is 0 Å². The molecule has 0 aromatic rings. The average Bonchev–Trinajstić information content (AvgIpc) is 2.01. The lowest BCUT2D eigenvalue weighted by Gasteiger charge is -2.15. The Morgan fingerprint density at radius 3 is 2.62 bits per heavy atom. The molecule has 0 aromatic heterocycles. The number of nitriles is 1. The molecule has 0 spiro atoms. The zero-order chi connectivity index (χ0) is 10.3. The van der Waals surface area contributed by atoms with Crippen LogP contribution in [0.4, 0.5) is 0 Å². The smallest absolute Gasteiger partial charge is 0.160 e. The maximum Gasteiger partial charge on any atom is 0.160 e. The lowest BCUT2D eigenvalue weighted by molar-refractivity contribution is -0.119. The van der Waals surface area contributed by atoms with E-state index in [0.717, 1.165) is 13.0 Å². The standard InChI is InChI=1S/C10H18N2O/c1-9(2)5-7-12(3)8-10(13)4-6-11/h9H,4-5,7-8H2,1-3H3. The van der Waals surface area contributed by atoms with E-state index in [-0.39, 0.29) is 12.2 Å². The first-order valence-electron chi connectivity index (χ1n) is 4.63. The van der Waals surface area contributed by atoms with E-state index >= 15 is 0 Å². The molecule has 0 amide bonds. The number of rotatable bonds is 6. The Labute approximate surface area is 80.3 Å². The first-order valence-corrected chi connectivity index (χ1v) is 4.63. The molecule has 3 nitrogen and oxygen atoms in total. The number of hydrogen-bond acceptors (Lipinski definition) is 3. The average molecular weight is 182 g/mol. The van der Waals surface area contributed by atoms with Crippen LogP contribution in [-0.4, -0.2) is 30.8 Å². The number of Topliss-reactive ketones (excluding diaryl/α,β-unsaturated/α-hetero) is 1. The molecular formula is C10H18N2O. The van der Waals surface area contributed by atoms with E-state index in [1.54, 1.807) is 0 Å². The summed E-state index contributed by atoms with van der Waals surface area (Å²) in [7, 11) is 1.91. The fraction of sp³-hybridized carbons (Fsp3) is 0.800. The van der Waals surface area contributed by atoms with E-state index in [4.69, 9.17) is 5.26 Å². The second-order valence-electron chi connectivity index (χ2n) is 3.79. The summed E-state index contributed by atoms with van der Waals surface area (Å²) in [5.41, 5.74) is 0. The SMILES string of the molecule is CC(C)CCN(C)CC(=O)CC#N. The second kappa shape index (κ2) is 6.62. The molecule has 0 N–H and O–H groups in total. The van der Waals surface area contributed by atoms with Gasteiger partial charge < -0.3 is 0 Å². The molecule has 13 heavy (non-hydrogen) atoms. The van der Waals surface area contributed by atoms with E-state index in [1.165, 1.54) is 0 Å². The van der Waals surface area contributed by atoms with E-state index in [1.807, 2.05) is 18.0 Å². The van der Waals surface area contributed by atoms with Crippen molar-refractivity contribution >= 4 is 5.78 Å². The van der Waals surface area contributed by atoms with Crippen LogP contribution in [0, 0.1) is 17.2 Å². The van der Waals surface area contributed by atoms with Gasteiger partial charge in [0.05, 0.1) is 19.0 Å². The summed E-state index contributed by atoms with van der Waals surface area (Å²) in [4.78, 5) is 13.0. The molecule has 3 heteroatoms. The molecule has 0 heterocycles. The zero-order valence-electron chi connectivity index (χ0n) is 8.71. The van der Waals surface area contributed by atoms with Crippen LogP contribution in [0.5, 0.6) is 0 Å². The van der Waals surface area contributed by atoms with Crippen molar-refractivity contribution in [3.05, 3.63) is 0 Å². The molecule has 0 aromatic carbocycles. The summed E-state index contributed by atoms with van der Waals surface area (Å²) in [6, 6.07) is 1.86. The van der Waals surface area contributed by atoms with Crippen LogP contribution in [0.25, 0.3) is 0 Å². The summed E-state index contributed by atoms with van der Waals surface area (Å²) < 4.78 is 0. The molecule has 0 bridgehead atoms. The number of likely N-dealkylation sites (N-methyl/N-ethyl adjacent to an activating group) is 1. The third-order valence-corrected chi connectivity index (χ3v) is 1.81. The van der Waals surface area contributed by atoms with Gasteiger partial charge in [-0.1, -0.05) is 13.8 Å². The Hall–Kier alpha value is -0.880. The predicted molar refractivity (Wildman–Crippen MR) is 52.2 cm³/mol.